The van der Waals surface area contributed by atoms with Crippen LogP contribution < -0.4 is 15.0 Å². The number of carbonyl (C=O) groups excluding carboxylic acids is 1. The number of nitrogens with one attached hydrogen (secondary N) is 1. The number of piperidine rings is 1. The maximum atomic E-state index is 13.3. The second kappa shape index (κ2) is 8.45. The zero-order valence-corrected chi connectivity index (χ0v) is 18.5. The van der Waals surface area contributed by atoms with E-state index in [1.807, 2.05) is 30.9 Å². The highest BCUT2D eigenvalue weighted by molar-refractivity contribution is 6.09. The van der Waals surface area contributed by atoms with Crippen LogP contribution in [0.2, 0.25) is 0 Å². The fourth-order valence-electron chi connectivity index (χ4n) is 4.84. The van der Waals surface area contributed by atoms with Crippen molar-refractivity contribution in [3.8, 4) is 5.75 Å². The van der Waals surface area contributed by atoms with E-state index >= 15 is 0 Å². The number of benzene rings is 1. The zero-order chi connectivity index (χ0) is 23.1. The second-order valence-corrected chi connectivity index (χ2v) is 8.77. The summed E-state index contributed by atoms with van der Waals surface area (Å²) in [7, 11) is 0. The number of hydrogen-bond acceptors (Lipinski definition) is 7. The molecule has 0 spiro atoms. The molecular formula is C24H25N7O3. The zero-order valence-electron chi connectivity index (χ0n) is 18.5. The van der Waals surface area contributed by atoms with Gasteiger partial charge < -0.3 is 24.6 Å². The Bertz CT molecular complexity index is 1330. The molecule has 1 atom stereocenters. The number of amides is 1. The Hall–Kier alpha value is -3.92. The first-order chi connectivity index (χ1) is 16.7. The quantitative estimate of drug-likeness (QED) is 0.482. The van der Waals surface area contributed by atoms with Gasteiger partial charge >= 0.3 is 0 Å². The summed E-state index contributed by atoms with van der Waals surface area (Å²) >= 11 is 0. The molecule has 1 amide bonds. The van der Waals surface area contributed by atoms with Crippen molar-refractivity contribution in [2.24, 2.45) is 0 Å². The van der Waals surface area contributed by atoms with E-state index in [2.05, 4.69) is 29.9 Å². The molecule has 0 saturated carbocycles. The molecule has 1 saturated heterocycles. The van der Waals surface area contributed by atoms with Gasteiger partial charge in [-0.05, 0) is 30.5 Å². The van der Waals surface area contributed by atoms with Crippen LogP contribution in [0.25, 0.3) is 5.65 Å². The highest BCUT2D eigenvalue weighted by atomic mass is 16.5. The summed E-state index contributed by atoms with van der Waals surface area (Å²) in [6.45, 7) is 1.95. The van der Waals surface area contributed by atoms with Gasteiger partial charge in [-0.3, -0.25) is 4.79 Å². The fourth-order valence-corrected chi connectivity index (χ4v) is 4.84. The van der Waals surface area contributed by atoms with Crippen LogP contribution in [0.15, 0.2) is 55.5 Å². The molecule has 174 valence electrons. The number of imidazole rings is 1. The average molecular weight is 460 g/mol. The van der Waals surface area contributed by atoms with Crippen molar-refractivity contribution in [1.29, 1.82) is 0 Å². The highest BCUT2D eigenvalue weighted by Crippen LogP contribution is 2.39. The molecule has 5 heterocycles. The molecule has 1 unspecified atom stereocenters. The summed E-state index contributed by atoms with van der Waals surface area (Å²) in [4.78, 5) is 24.0. The first-order valence-corrected chi connectivity index (χ1v) is 11.5. The van der Waals surface area contributed by atoms with Gasteiger partial charge in [0.05, 0.1) is 30.0 Å². The van der Waals surface area contributed by atoms with Gasteiger partial charge in [-0.15, -0.1) is 0 Å². The molecule has 10 nitrogen and oxygen atoms in total. The van der Waals surface area contributed by atoms with Crippen molar-refractivity contribution in [2.75, 3.05) is 29.9 Å². The lowest BCUT2D eigenvalue weighted by atomic mass is 10.00. The molecule has 2 aliphatic rings. The van der Waals surface area contributed by atoms with E-state index in [-0.39, 0.29) is 12.5 Å². The number of nitrogens with zero attached hydrogens (tertiary/aromatic N) is 6. The van der Waals surface area contributed by atoms with Crippen LogP contribution in [0.1, 0.15) is 34.8 Å². The molecule has 4 aromatic rings. The molecule has 10 heteroatoms. The molecular weight excluding hydrogens is 434 g/mol. The van der Waals surface area contributed by atoms with E-state index < -0.39 is 6.10 Å². The number of rotatable bonds is 4. The summed E-state index contributed by atoms with van der Waals surface area (Å²) in [5.74, 6) is 0.480. The number of aliphatic hydroxyl groups excluding tert-OH is 1. The topological polar surface area (TPSA) is 110 Å². The molecule has 0 bridgehead atoms. The summed E-state index contributed by atoms with van der Waals surface area (Å²) in [6, 6.07) is 6.09. The minimum Gasteiger partial charge on any atom is -0.491 e. The number of hydrogen-bond donors (Lipinski definition) is 2. The van der Waals surface area contributed by atoms with Crippen LogP contribution in [0.4, 0.5) is 11.4 Å². The summed E-state index contributed by atoms with van der Waals surface area (Å²) in [5.41, 5.74) is 3.39. The van der Waals surface area contributed by atoms with E-state index in [1.165, 1.54) is 6.20 Å². The smallest absolute Gasteiger partial charge is 0.261 e. The second-order valence-electron chi connectivity index (χ2n) is 8.77. The summed E-state index contributed by atoms with van der Waals surface area (Å²) in [6.07, 6.45) is 12.5. The van der Waals surface area contributed by atoms with Gasteiger partial charge in [0.2, 0.25) is 0 Å². The minimum absolute atomic E-state index is 0.273. The molecule has 1 fully saturated rings. The molecule has 6 rings (SSSR count). The van der Waals surface area contributed by atoms with Gasteiger partial charge in [0.25, 0.3) is 5.91 Å². The molecule has 0 radical (unpaired) electrons. The van der Waals surface area contributed by atoms with Gasteiger partial charge in [0.15, 0.2) is 5.65 Å². The van der Waals surface area contributed by atoms with E-state index in [0.717, 1.165) is 42.9 Å². The monoisotopic (exact) mass is 459 g/mol. The van der Waals surface area contributed by atoms with Gasteiger partial charge in [0.1, 0.15) is 17.9 Å². The van der Waals surface area contributed by atoms with Crippen LogP contribution in [0, 0.1) is 0 Å². The van der Waals surface area contributed by atoms with E-state index in [4.69, 9.17) is 4.74 Å². The molecule has 34 heavy (non-hydrogen) atoms. The number of carbonyl (C=O) groups is 1. The van der Waals surface area contributed by atoms with E-state index in [1.54, 1.807) is 23.0 Å². The van der Waals surface area contributed by atoms with Crippen molar-refractivity contribution in [1.82, 2.24) is 24.1 Å². The van der Waals surface area contributed by atoms with E-state index in [0.29, 0.717) is 29.4 Å². The largest absolute Gasteiger partial charge is 0.491 e. The molecule has 2 N–H and O–H groups in total. The van der Waals surface area contributed by atoms with Crippen molar-refractivity contribution in [2.45, 2.75) is 31.4 Å². The predicted molar refractivity (Wildman–Crippen MR) is 125 cm³/mol. The van der Waals surface area contributed by atoms with Gasteiger partial charge in [-0.1, -0.05) is 0 Å². The molecule has 2 aliphatic heterocycles. The number of anilines is 2. The van der Waals surface area contributed by atoms with E-state index in [9.17, 15) is 9.90 Å². The Morgan fingerprint density at radius 1 is 1.18 bits per heavy atom. The Labute approximate surface area is 195 Å². The lowest BCUT2D eigenvalue weighted by Gasteiger charge is -2.36. The van der Waals surface area contributed by atoms with Gasteiger partial charge in [0, 0.05) is 56.4 Å². The first-order valence-electron chi connectivity index (χ1n) is 11.5. The predicted octanol–water partition coefficient (Wildman–Crippen LogP) is 2.32. The third-order valence-corrected chi connectivity index (χ3v) is 6.59. The Kier molecular flexibility index (Phi) is 5.14. The van der Waals surface area contributed by atoms with Gasteiger partial charge in [-0.25, -0.2) is 14.5 Å². The van der Waals surface area contributed by atoms with Crippen molar-refractivity contribution in [3.05, 3.63) is 66.6 Å². The lowest BCUT2D eigenvalue weighted by molar-refractivity contribution is 0.0922. The number of fused-ring (bicyclic) bond motifs is 2. The average Bonchev–Trinajstić information content (AvgIpc) is 3.54. The third kappa shape index (κ3) is 3.75. The van der Waals surface area contributed by atoms with Gasteiger partial charge in [-0.2, -0.15) is 5.10 Å². The number of aliphatic hydroxyl groups is 1. The van der Waals surface area contributed by atoms with Crippen LogP contribution >= 0.6 is 0 Å². The SMILES string of the molecule is O=C(Nc1cc2c(cc1N1CCC(n3ccnc3)CC1)OCC(O)C2)c1cnn2cccnc12. The van der Waals surface area contributed by atoms with Crippen molar-refractivity contribution < 1.29 is 14.6 Å². The Morgan fingerprint density at radius 3 is 2.88 bits per heavy atom. The first kappa shape index (κ1) is 20.7. The van der Waals surface area contributed by atoms with Crippen molar-refractivity contribution >= 4 is 22.9 Å². The molecule has 3 aromatic heterocycles. The standard InChI is InChI=1S/C24H25N7O3/c32-18-10-16-11-20(28-24(33)19-13-27-31-6-1-4-26-23(19)31)21(12-22(16)34-14-18)29-7-2-17(3-8-29)30-9-5-25-15-30/h1,4-6,9,11-13,15,17-18,32H,2-3,7-8,10,14H2,(H,28,33). The summed E-state index contributed by atoms with van der Waals surface area (Å²) in [5, 5.41) is 17.4. The molecule has 1 aromatic carbocycles. The Morgan fingerprint density at radius 2 is 2.06 bits per heavy atom. The normalized spacial score (nSPS) is 18.5. The van der Waals surface area contributed by atoms with Crippen molar-refractivity contribution in [3.63, 3.8) is 0 Å². The van der Waals surface area contributed by atoms with Crippen LogP contribution in [-0.4, -0.2) is 61.0 Å². The Balaban J connectivity index is 1.31. The summed E-state index contributed by atoms with van der Waals surface area (Å²) < 4.78 is 9.55. The maximum Gasteiger partial charge on any atom is 0.261 e. The fraction of sp³-hybridized carbons (Fsp3) is 0.333. The maximum absolute atomic E-state index is 13.3. The number of ether oxygens (including phenoxy) is 1. The minimum atomic E-state index is -0.559. The van der Waals surface area contributed by atoms with Crippen LogP contribution in [0.5, 0.6) is 5.75 Å². The lowest BCUT2D eigenvalue weighted by Crippen LogP contribution is -2.35. The highest BCUT2D eigenvalue weighted by Gasteiger charge is 2.27. The molecule has 0 aliphatic carbocycles. The van der Waals surface area contributed by atoms with Crippen LogP contribution in [0.3, 0.4) is 0 Å². The third-order valence-electron chi connectivity index (χ3n) is 6.59. The number of aromatic nitrogens is 5. The van der Waals surface area contributed by atoms with Crippen LogP contribution in [-0.2, 0) is 6.42 Å².